The van der Waals surface area contributed by atoms with Crippen LogP contribution in [0.5, 0.6) is 0 Å². The Morgan fingerprint density at radius 2 is 2.18 bits per heavy atom. The summed E-state index contributed by atoms with van der Waals surface area (Å²) in [6, 6.07) is -0.526. The first-order chi connectivity index (χ1) is 13.4. The Balaban J connectivity index is 1.51. The van der Waals surface area contributed by atoms with Crippen molar-refractivity contribution in [3.63, 3.8) is 0 Å². The number of hydrogen-bond acceptors (Lipinski definition) is 6. The van der Waals surface area contributed by atoms with E-state index in [1.807, 2.05) is 0 Å². The molecule has 0 bridgehead atoms. The minimum absolute atomic E-state index is 0.125. The second-order valence-corrected chi connectivity index (χ2v) is 9.74. The van der Waals surface area contributed by atoms with E-state index in [0.717, 1.165) is 42.5 Å². The molecule has 0 spiro atoms. The molecule has 1 saturated heterocycles. The number of rotatable bonds is 4. The number of H-pyrrole nitrogens is 1. The number of hydrogen-bond donors (Lipinski definition) is 2. The molecule has 28 heavy (non-hydrogen) atoms. The number of aromatic nitrogens is 2. The van der Waals surface area contributed by atoms with E-state index in [9.17, 15) is 14.4 Å². The Labute approximate surface area is 171 Å². The molecule has 2 aromatic rings. The van der Waals surface area contributed by atoms with Crippen LogP contribution in [0.25, 0.3) is 10.2 Å². The minimum Gasteiger partial charge on any atom is -0.368 e. The summed E-state index contributed by atoms with van der Waals surface area (Å²) < 4.78 is 0. The fourth-order valence-corrected chi connectivity index (χ4v) is 6.32. The van der Waals surface area contributed by atoms with E-state index < -0.39 is 11.9 Å². The fraction of sp³-hybridized carbons (Fsp3) is 0.579. The Morgan fingerprint density at radius 3 is 2.96 bits per heavy atom. The third-order valence-electron chi connectivity index (χ3n) is 5.63. The molecule has 0 aromatic carbocycles. The topological polar surface area (TPSA) is 109 Å². The van der Waals surface area contributed by atoms with Crippen LogP contribution in [-0.4, -0.2) is 45.0 Å². The Hall–Kier alpha value is -1.87. The number of aromatic amines is 1. The predicted molar refractivity (Wildman–Crippen MR) is 111 cm³/mol. The van der Waals surface area contributed by atoms with Crippen LogP contribution in [0.2, 0.25) is 0 Å². The average molecular weight is 421 g/mol. The highest BCUT2D eigenvalue weighted by Gasteiger charge is 2.30. The summed E-state index contributed by atoms with van der Waals surface area (Å²) in [6.45, 7) is 2.78. The first-order valence-corrected chi connectivity index (χ1v) is 11.5. The number of fused-ring (bicyclic) bond motifs is 3. The predicted octanol–water partition coefficient (Wildman–Crippen LogP) is 2.07. The number of carbonyl (C=O) groups excluding carboxylic acids is 2. The second kappa shape index (κ2) is 7.87. The van der Waals surface area contributed by atoms with Gasteiger partial charge in [-0.3, -0.25) is 14.4 Å². The van der Waals surface area contributed by atoms with Gasteiger partial charge in [0, 0.05) is 11.4 Å². The van der Waals surface area contributed by atoms with Gasteiger partial charge in [-0.25, -0.2) is 4.98 Å². The van der Waals surface area contributed by atoms with Gasteiger partial charge in [0.1, 0.15) is 10.9 Å². The second-order valence-electron chi connectivity index (χ2n) is 7.69. The molecule has 1 aliphatic carbocycles. The number of piperidine rings is 1. The van der Waals surface area contributed by atoms with Crippen LogP contribution in [0.15, 0.2) is 9.95 Å². The molecular formula is C19H24N4O3S2. The summed E-state index contributed by atoms with van der Waals surface area (Å²) in [7, 11) is 0. The van der Waals surface area contributed by atoms with Crippen LogP contribution in [0.3, 0.4) is 0 Å². The first kappa shape index (κ1) is 19.4. The highest BCUT2D eigenvalue weighted by Crippen LogP contribution is 2.36. The van der Waals surface area contributed by atoms with Crippen LogP contribution < -0.4 is 11.3 Å². The lowest BCUT2D eigenvalue weighted by molar-refractivity contribution is -0.138. The quantitative estimate of drug-likeness (QED) is 0.581. The molecule has 1 aliphatic heterocycles. The van der Waals surface area contributed by atoms with Crippen molar-refractivity contribution in [1.29, 1.82) is 0 Å². The molecule has 3 heterocycles. The van der Waals surface area contributed by atoms with Crippen molar-refractivity contribution in [2.24, 2.45) is 11.7 Å². The van der Waals surface area contributed by atoms with Crippen LogP contribution in [-0.2, 0) is 22.4 Å². The van der Waals surface area contributed by atoms with Gasteiger partial charge in [-0.1, -0.05) is 18.7 Å². The smallest absolute Gasteiger partial charge is 0.260 e. The number of amides is 2. The number of likely N-dealkylation sites (tertiary alicyclic amines) is 1. The molecule has 3 N–H and O–H groups in total. The van der Waals surface area contributed by atoms with Gasteiger partial charge in [0.2, 0.25) is 11.8 Å². The maximum Gasteiger partial charge on any atom is 0.260 e. The summed E-state index contributed by atoms with van der Waals surface area (Å²) >= 11 is 2.81. The van der Waals surface area contributed by atoms with Gasteiger partial charge in [0.25, 0.3) is 5.56 Å². The molecule has 1 fully saturated rings. The maximum absolute atomic E-state index is 12.6. The third kappa shape index (κ3) is 3.69. The van der Waals surface area contributed by atoms with Gasteiger partial charge in [0.15, 0.2) is 5.16 Å². The highest BCUT2D eigenvalue weighted by molar-refractivity contribution is 7.99. The average Bonchev–Trinajstić information content (AvgIpc) is 3.03. The molecule has 2 aliphatic rings. The number of nitrogens with zero attached hydrogens (tertiary/aromatic N) is 2. The van der Waals surface area contributed by atoms with Crippen molar-refractivity contribution in [1.82, 2.24) is 14.9 Å². The third-order valence-corrected chi connectivity index (χ3v) is 7.63. The summed E-state index contributed by atoms with van der Waals surface area (Å²) in [4.78, 5) is 47.9. The zero-order valence-corrected chi connectivity index (χ0v) is 17.5. The lowest BCUT2D eigenvalue weighted by Crippen LogP contribution is -2.51. The van der Waals surface area contributed by atoms with Crippen LogP contribution in [0.4, 0.5) is 0 Å². The van der Waals surface area contributed by atoms with Crippen molar-refractivity contribution in [2.45, 2.75) is 56.6 Å². The van der Waals surface area contributed by atoms with E-state index in [2.05, 4.69) is 16.9 Å². The van der Waals surface area contributed by atoms with E-state index >= 15 is 0 Å². The lowest BCUT2D eigenvalue weighted by atomic mass is 9.89. The number of primary amides is 1. The van der Waals surface area contributed by atoms with Crippen molar-refractivity contribution < 1.29 is 9.59 Å². The van der Waals surface area contributed by atoms with E-state index in [-0.39, 0.29) is 17.2 Å². The minimum atomic E-state index is -0.526. The number of nitrogens with one attached hydrogen (secondary N) is 1. The number of nitrogens with two attached hydrogens (primary N) is 1. The lowest BCUT2D eigenvalue weighted by Gasteiger charge is -2.33. The SMILES string of the molecule is C[C@H]1CCc2c(sc3nc(SCC(=O)N4CCCC[C@H]4C(N)=O)[nH]c(=O)c23)C1. The van der Waals surface area contributed by atoms with Crippen LogP contribution >= 0.6 is 23.1 Å². The summed E-state index contributed by atoms with van der Waals surface area (Å²) in [5.41, 5.74) is 6.47. The molecule has 2 aromatic heterocycles. The highest BCUT2D eigenvalue weighted by atomic mass is 32.2. The largest absolute Gasteiger partial charge is 0.368 e. The fourth-order valence-electron chi connectivity index (χ4n) is 4.14. The van der Waals surface area contributed by atoms with E-state index in [1.165, 1.54) is 16.6 Å². The van der Waals surface area contributed by atoms with Crippen LogP contribution in [0.1, 0.15) is 43.0 Å². The zero-order chi connectivity index (χ0) is 19.8. The number of thiophene rings is 1. The Kier molecular flexibility index (Phi) is 5.46. The first-order valence-electron chi connectivity index (χ1n) is 9.70. The van der Waals surface area contributed by atoms with Gasteiger partial charge in [-0.15, -0.1) is 11.3 Å². The molecular weight excluding hydrogens is 396 g/mol. The molecule has 150 valence electrons. The molecule has 7 nitrogen and oxygen atoms in total. The van der Waals surface area contributed by atoms with Gasteiger partial charge in [0.05, 0.1) is 11.1 Å². The molecule has 9 heteroatoms. The molecule has 2 amide bonds. The zero-order valence-electron chi connectivity index (χ0n) is 15.8. The van der Waals surface area contributed by atoms with Crippen molar-refractivity contribution in [3.05, 3.63) is 20.8 Å². The van der Waals surface area contributed by atoms with Crippen molar-refractivity contribution in [3.8, 4) is 0 Å². The Bertz CT molecular complexity index is 983. The molecule has 2 atom stereocenters. The van der Waals surface area contributed by atoms with E-state index in [1.54, 1.807) is 16.2 Å². The van der Waals surface area contributed by atoms with Gasteiger partial charge < -0.3 is 15.6 Å². The molecule has 0 radical (unpaired) electrons. The van der Waals surface area contributed by atoms with Gasteiger partial charge >= 0.3 is 0 Å². The van der Waals surface area contributed by atoms with Gasteiger partial charge in [-0.2, -0.15) is 0 Å². The monoisotopic (exact) mass is 420 g/mol. The molecule has 0 saturated carbocycles. The number of carbonyl (C=O) groups is 2. The Morgan fingerprint density at radius 1 is 1.36 bits per heavy atom. The normalized spacial score (nSPS) is 22.2. The van der Waals surface area contributed by atoms with E-state index in [4.69, 9.17) is 5.73 Å². The van der Waals surface area contributed by atoms with Crippen LogP contribution in [0, 0.1) is 5.92 Å². The van der Waals surface area contributed by atoms with Crippen molar-refractivity contribution in [2.75, 3.05) is 12.3 Å². The molecule has 0 unspecified atom stereocenters. The number of aryl methyl sites for hydroxylation is 1. The molecule has 4 rings (SSSR count). The summed E-state index contributed by atoms with van der Waals surface area (Å²) in [6.07, 6.45) is 5.42. The summed E-state index contributed by atoms with van der Waals surface area (Å²) in [5, 5.41) is 1.16. The standard InChI is InChI=1S/C19H24N4O3S2/c1-10-5-6-11-13(8-10)28-18-15(11)17(26)21-19(22-18)27-9-14(24)23-7-3-2-4-12(23)16(20)25/h10,12H,2-9H2,1H3,(H2,20,25)(H,21,22,26)/t10-,12-/m0/s1. The number of thioether (sulfide) groups is 1. The van der Waals surface area contributed by atoms with E-state index in [0.29, 0.717) is 29.4 Å². The maximum atomic E-state index is 12.6. The summed E-state index contributed by atoms with van der Waals surface area (Å²) in [5.74, 6) is 0.161. The van der Waals surface area contributed by atoms with Gasteiger partial charge in [-0.05, 0) is 50.0 Å². The van der Waals surface area contributed by atoms with Crippen molar-refractivity contribution >= 4 is 45.1 Å².